The van der Waals surface area contributed by atoms with Crippen molar-refractivity contribution < 1.29 is 13.7 Å². The molecule has 1 aliphatic heterocycles. The van der Waals surface area contributed by atoms with Gasteiger partial charge in [-0.25, -0.2) is 4.57 Å². The van der Waals surface area contributed by atoms with Crippen molar-refractivity contribution >= 4 is 16.6 Å². The van der Waals surface area contributed by atoms with Crippen LogP contribution in [0.15, 0.2) is 95.9 Å². The number of aromatic nitrogens is 2. The molecule has 3 aromatic carbocycles. The minimum Gasteiger partial charge on any atom is -0.466 e. The van der Waals surface area contributed by atoms with Gasteiger partial charge in [0.25, 0.3) is 0 Å². The Kier molecular flexibility index (Phi) is 3.99. The van der Waals surface area contributed by atoms with Gasteiger partial charge in [-0.2, -0.15) is 0 Å². The Bertz CT molecular complexity index is 1400. The lowest BCUT2D eigenvalue weighted by atomic mass is 9.82. The molecule has 0 saturated carbocycles. The Morgan fingerprint density at radius 3 is 2.58 bits per heavy atom. The minimum absolute atomic E-state index is 0.0823. The quantitative estimate of drug-likeness (QED) is 0.419. The Balaban J connectivity index is 1.59. The van der Waals surface area contributed by atoms with Crippen LogP contribution in [-0.4, -0.2) is 4.98 Å². The monoisotopic (exact) mass is 406 g/mol. The van der Waals surface area contributed by atoms with Crippen LogP contribution in [0.1, 0.15) is 28.4 Å². The molecule has 0 fully saturated rings. The maximum absolute atomic E-state index is 6.72. The number of hydrogen-bond donors (Lipinski definition) is 1. The highest BCUT2D eigenvalue weighted by Crippen LogP contribution is 2.50. The lowest BCUT2D eigenvalue weighted by molar-refractivity contribution is -0.679. The predicted molar refractivity (Wildman–Crippen MR) is 118 cm³/mol. The van der Waals surface area contributed by atoms with Crippen LogP contribution in [0.2, 0.25) is 0 Å². The van der Waals surface area contributed by atoms with Gasteiger partial charge in [-0.3, -0.25) is 0 Å². The number of nitrogens with two attached hydrogens (primary N) is 1. The number of furan rings is 1. The van der Waals surface area contributed by atoms with Crippen LogP contribution < -0.4 is 15.0 Å². The number of fused-ring (bicyclic) bond motifs is 4. The Labute approximate surface area is 179 Å². The average molecular weight is 406 g/mol. The smallest absolute Gasteiger partial charge is 0.306 e. The van der Waals surface area contributed by atoms with Gasteiger partial charge in [0.15, 0.2) is 0 Å². The van der Waals surface area contributed by atoms with Gasteiger partial charge in [0, 0.05) is 10.9 Å². The van der Waals surface area contributed by atoms with Gasteiger partial charge in [-0.1, -0.05) is 71.7 Å². The molecule has 2 N–H and O–H groups in total. The van der Waals surface area contributed by atoms with Gasteiger partial charge in [0.05, 0.1) is 12.2 Å². The summed E-state index contributed by atoms with van der Waals surface area (Å²) in [6.45, 7) is 0.505. The summed E-state index contributed by atoms with van der Waals surface area (Å²) in [7, 11) is 0. The van der Waals surface area contributed by atoms with Crippen LogP contribution >= 0.6 is 0 Å². The molecule has 0 radical (unpaired) electrons. The molecular formula is C26H20N3O2+. The summed E-state index contributed by atoms with van der Waals surface area (Å²) < 4.78 is 13.8. The third-order valence-electron chi connectivity index (χ3n) is 5.88. The van der Waals surface area contributed by atoms with E-state index in [1.54, 1.807) is 12.6 Å². The van der Waals surface area contributed by atoms with Crippen molar-refractivity contribution in [1.82, 2.24) is 4.98 Å². The van der Waals surface area contributed by atoms with E-state index in [0.717, 1.165) is 39.0 Å². The van der Waals surface area contributed by atoms with E-state index in [4.69, 9.17) is 14.9 Å². The largest absolute Gasteiger partial charge is 0.466 e. The molecule has 0 unspecified atom stereocenters. The fraction of sp³-hybridized carbons (Fsp3) is 0.0769. The van der Waals surface area contributed by atoms with Crippen molar-refractivity contribution in [3.8, 4) is 11.6 Å². The van der Waals surface area contributed by atoms with Crippen LogP contribution in [0.5, 0.6) is 11.6 Å². The third-order valence-corrected chi connectivity index (χ3v) is 5.88. The summed E-state index contributed by atoms with van der Waals surface area (Å²) in [5.74, 6) is 2.74. The van der Waals surface area contributed by atoms with Gasteiger partial charge in [0.1, 0.15) is 23.6 Å². The molecule has 5 aromatic rings. The lowest BCUT2D eigenvalue weighted by Gasteiger charge is -2.28. The Morgan fingerprint density at radius 1 is 0.903 bits per heavy atom. The van der Waals surface area contributed by atoms with Crippen LogP contribution in [0.25, 0.3) is 10.8 Å². The maximum atomic E-state index is 6.72. The number of nitrogen functional groups attached to an aromatic ring is 1. The molecule has 0 bridgehead atoms. The first-order chi connectivity index (χ1) is 15.3. The number of anilines is 1. The van der Waals surface area contributed by atoms with E-state index in [1.807, 2.05) is 34.9 Å². The van der Waals surface area contributed by atoms with Crippen molar-refractivity contribution in [1.29, 1.82) is 0 Å². The van der Waals surface area contributed by atoms with Gasteiger partial charge in [0.2, 0.25) is 12.1 Å². The summed E-state index contributed by atoms with van der Waals surface area (Å²) >= 11 is 0. The second-order valence-corrected chi connectivity index (χ2v) is 7.71. The summed E-state index contributed by atoms with van der Waals surface area (Å²) in [6.07, 6.45) is 3.38. The number of benzene rings is 3. The van der Waals surface area contributed by atoms with E-state index in [2.05, 4.69) is 53.5 Å². The maximum Gasteiger partial charge on any atom is 0.306 e. The molecule has 0 aliphatic carbocycles. The molecule has 150 valence electrons. The van der Waals surface area contributed by atoms with E-state index >= 15 is 0 Å². The normalized spacial score (nSPS) is 14.6. The van der Waals surface area contributed by atoms with Crippen LogP contribution in [0.4, 0.5) is 5.82 Å². The zero-order chi connectivity index (χ0) is 20.8. The van der Waals surface area contributed by atoms with E-state index in [9.17, 15) is 0 Å². The summed E-state index contributed by atoms with van der Waals surface area (Å²) in [4.78, 5) is 4.66. The van der Waals surface area contributed by atoms with Gasteiger partial charge < -0.3 is 14.9 Å². The minimum atomic E-state index is -0.0823. The molecule has 0 saturated heterocycles. The molecule has 0 spiro atoms. The summed E-state index contributed by atoms with van der Waals surface area (Å²) in [6, 6.07) is 26.7. The standard InChI is InChI=1S/C26H19N3O2/c27-25-23-22(18-8-2-1-3-9-18)21-13-12-17-7-4-5-11-20(17)24(21)31-26(23)28-16-29(25)15-19-10-6-14-30-19/h1-14,16,22,27H,15H2/p+1/t22-/m0/s1. The lowest BCUT2D eigenvalue weighted by Crippen LogP contribution is -2.40. The Hall–Kier alpha value is -4.12. The van der Waals surface area contributed by atoms with Crippen LogP contribution in [-0.2, 0) is 6.54 Å². The van der Waals surface area contributed by atoms with E-state index < -0.39 is 0 Å². The number of hydrogen-bond acceptors (Lipinski definition) is 4. The SMILES string of the molecule is Nc1c2c(nc[n+]1Cc1ccco1)Oc1c(ccc3ccccc13)[C@@H]2c1ccccc1. The van der Waals surface area contributed by atoms with Crippen LogP contribution in [0.3, 0.4) is 0 Å². The van der Waals surface area contributed by atoms with E-state index in [0.29, 0.717) is 18.2 Å². The first-order valence-corrected chi connectivity index (χ1v) is 10.2. The van der Waals surface area contributed by atoms with Crippen molar-refractivity contribution in [3.05, 3.63) is 114 Å². The highest BCUT2D eigenvalue weighted by atomic mass is 16.5. The van der Waals surface area contributed by atoms with Crippen molar-refractivity contribution in [3.63, 3.8) is 0 Å². The third kappa shape index (κ3) is 2.86. The van der Waals surface area contributed by atoms with Gasteiger partial charge in [-0.05, 0) is 23.1 Å². The molecule has 0 amide bonds. The van der Waals surface area contributed by atoms with Crippen molar-refractivity contribution in [2.24, 2.45) is 0 Å². The zero-order valence-corrected chi connectivity index (χ0v) is 16.7. The zero-order valence-electron chi connectivity index (χ0n) is 16.7. The van der Waals surface area contributed by atoms with E-state index in [1.165, 1.54) is 0 Å². The molecular weight excluding hydrogens is 386 g/mol. The molecule has 31 heavy (non-hydrogen) atoms. The topological polar surface area (TPSA) is 65.2 Å². The number of ether oxygens (including phenoxy) is 1. The first-order valence-electron chi connectivity index (χ1n) is 10.2. The fourth-order valence-corrected chi connectivity index (χ4v) is 4.41. The van der Waals surface area contributed by atoms with E-state index in [-0.39, 0.29) is 5.92 Å². The average Bonchev–Trinajstić information content (AvgIpc) is 3.33. The molecule has 5 nitrogen and oxygen atoms in total. The highest BCUT2D eigenvalue weighted by Gasteiger charge is 2.37. The predicted octanol–water partition coefficient (Wildman–Crippen LogP) is 5.03. The molecule has 3 heterocycles. The summed E-state index contributed by atoms with van der Waals surface area (Å²) in [5.41, 5.74) is 9.83. The second-order valence-electron chi connectivity index (χ2n) is 7.71. The van der Waals surface area contributed by atoms with Gasteiger partial charge in [-0.15, -0.1) is 0 Å². The molecule has 1 atom stereocenters. The van der Waals surface area contributed by atoms with Gasteiger partial charge >= 0.3 is 5.88 Å². The number of nitrogens with zero attached hydrogens (tertiary/aromatic N) is 2. The number of rotatable bonds is 3. The Morgan fingerprint density at radius 2 is 1.74 bits per heavy atom. The van der Waals surface area contributed by atoms with Crippen LogP contribution in [0, 0.1) is 0 Å². The molecule has 6 rings (SSSR count). The second kappa shape index (κ2) is 6.99. The molecule has 1 aliphatic rings. The molecule has 2 aromatic heterocycles. The van der Waals surface area contributed by atoms with Crippen molar-refractivity contribution in [2.45, 2.75) is 12.5 Å². The fourth-order valence-electron chi connectivity index (χ4n) is 4.41. The summed E-state index contributed by atoms with van der Waals surface area (Å²) in [5, 5.41) is 2.20. The first kappa shape index (κ1) is 17.7. The molecule has 5 heteroatoms. The van der Waals surface area contributed by atoms with Crippen molar-refractivity contribution in [2.75, 3.05) is 5.73 Å². The highest BCUT2D eigenvalue weighted by molar-refractivity contribution is 5.91.